The molecule has 3 aliphatic heterocycles. The number of morpholine rings is 1. The predicted octanol–water partition coefficient (Wildman–Crippen LogP) is 7.08. The number of imide groups is 1. The quantitative estimate of drug-likeness (QED) is 0.313. The van der Waals surface area contributed by atoms with E-state index in [4.69, 9.17) is 9.47 Å². The molecule has 0 bridgehead atoms. The molecule has 1 atom stereocenters. The van der Waals surface area contributed by atoms with Crippen LogP contribution in [0.3, 0.4) is 0 Å². The first-order valence-corrected chi connectivity index (χ1v) is 16.8. The van der Waals surface area contributed by atoms with Crippen LogP contribution in [0.15, 0.2) is 42.5 Å². The van der Waals surface area contributed by atoms with Crippen molar-refractivity contribution >= 4 is 17.7 Å². The minimum absolute atomic E-state index is 0.209. The van der Waals surface area contributed by atoms with Crippen LogP contribution in [0.5, 0.6) is 5.75 Å². The lowest BCUT2D eigenvalue weighted by molar-refractivity contribution is -0.294. The molecule has 0 radical (unpaired) electrons. The molecule has 8 heteroatoms. The van der Waals surface area contributed by atoms with Crippen LogP contribution in [0, 0.1) is 5.41 Å². The second kappa shape index (κ2) is 10.6. The molecule has 5 rings (SSSR count). The van der Waals surface area contributed by atoms with Crippen molar-refractivity contribution in [3.05, 3.63) is 64.7 Å². The molecule has 47 heavy (non-hydrogen) atoms. The molecule has 0 saturated carbocycles. The summed E-state index contributed by atoms with van der Waals surface area (Å²) in [6.07, 6.45) is 0.238. The fourth-order valence-electron chi connectivity index (χ4n) is 8.60. The molecule has 0 aliphatic carbocycles. The molecular formula is C39H55N3O5. The van der Waals surface area contributed by atoms with Crippen LogP contribution in [-0.2, 0) is 33.0 Å². The van der Waals surface area contributed by atoms with Gasteiger partial charge in [0.25, 0.3) is 11.8 Å². The van der Waals surface area contributed by atoms with Gasteiger partial charge in [-0.2, -0.15) is 0 Å². The van der Waals surface area contributed by atoms with Gasteiger partial charge in [-0.1, -0.05) is 44.2 Å². The summed E-state index contributed by atoms with van der Waals surface area (Å²) >= 11 is 0. The predicted molar refractivity (Wildman–Crippen MR) is 184 cm³/mol. The molecule has 2 aromatic rings. The van der Waals surface area contributed by atoms with Crippen molar-refractivity contribution in [1.82, 2.24) is 14.7 Å². The molecule has 2 fully saturated rings. The number of piperidine rings is 1. The van der Waals surface area contributed by atoms with Gasteiger partial charge in [0.05, 0.1) is 16.7 Å². The van der Waals surface area contributed by atoms with Crippen molar-refractivity contribution in [2.75, 3.05) is 7.05 Å². The molecule has 0 spiro atoms. The Balaban J connectivity index is 1.37. The number of carbonyl (C=O) groups is 3. The van der Waals surface area contributed by atoms with E-state index >= 15 is 0 Å². The van der Waals surface area contributed by atoms with Gasteiger partial charge in [-0.3, -0.25) is 24.2 Å². The molecule has 2 saturated heterocycles. The maximum atomic E-state index is 14.1. The summed E-state index contributed by atoms with van der Waals surface area (Å²) in [7, 11) is 1.51. The number of fused-ring (bicyclic) bond motifs is 1. The number of rotatable bonds is 6. The number of likely N-dealkylation sites (N-methyl/N-ethyl adjacent to an activating group) is 1. The first kappa shape index (κ1) is 35.1. The zero-order valence-electron chi connectivity index (χ0n) is 31.0. The van der Waals surface area contributed by atoms with Crippen molar-refractivity contribution in [2.45, 2.75) is 143 Å². The summed E-state index contributed by atoms with van der Waals surface area (Å²) in [5.74, 6) is -0.213. The van der Waals surface area contributed by atoms with Crippen LogP contribution in [-0.4, -0.2) is 67.3 Å². The van der Waals surface area contributed by atoms with E-state index in [-0.39, 0.29) is 46.4 Å². The van der Waals surface area contributed by atoms with Gasteiger partial charge in [0.15, 0.2) is 0 Å². The Hall–Kier alpha value is -3.23. The van der Waals surface area contributed by atoms with Crippen molar-refractivity contribution in [1.29, 1.82) is 0 Å². The number of hydrogen-bond acceptors (Lipinski definition) is 6. The van der Waals surface area contributed by atoms with Gasteiger partial charge in [0.1, 0.15) is 17.9 Å². The molecule has 2 aromatic carbocycles. The van der Waals surface area contributed by atoms with Crippen LogP contribution in [0.2, 0.25) is 0 Å². The number of benzene rings is 2. The smallest absolute Gasteiger partial charge is 0.255 e. The van der Waals surface area contributed by atoms with Crippen LogP contribution < -0.4 is 4.74 Å². The Bertz CT molecular complexity index is 1590. The van der Waals surface area contributed by atoms with Crippen molar-refractivity contribution in [3.8, 4) is 5.75 Å². The Labute approximate surface area is 281 Å². The third-order valence-electron chi connectivity index (χ3n) is 12.1. The monoisotopic (exact) mass is 645 g/mol. The summed E-state index contributed by atoms with van der Waals surface area (Å²) in [5, 5.41) is 0. The number of carbonyl (C=O) groups excluding carboxylic acids is 3. The average Bonchev–Trinajstić information content (AvgIpc) is 3.17. The zero-order chi connectivity index (χ0) is 35.3. The Morgan fingerprint density at radius 1 is 0.723 bits per heavy atom. The van der Waals surface area contributed by atoms with Gasteiger partial charge in [0, 0.05) is 41.2 Å². The highest BCUT2D eigenvalue weighted by atomic mass is 16.5. The third kappa shape index (κ3) is 5.13. The van der Waals surface area contributed by atoms with Crippen LogP contribution >= 0.6 is 0 Å². The fraction of sp³-hybridized carbons (Fsp3) is 0.615. The Kier molecular flexibility index (Phi) is 7.94. The number of ether oxygens (including phenoxy) is 2. The molecular weight excluding hydrogens is 590 g/mol. The highest BCUT2D eigenvalue weighted by molar-refractivity contribution is 6.09. The third-order valence-corrected chi connectivity index (χ3v) is 12.1. The number of likely N-dealkylation sites (tertiary alicyclic amines) is 1. The molecule has 3 aliphatic rings. The van der Waals surface area contributed by atoms with Crippen molar-refractivity contribution < 1.29 is 23.9 Å². The van der Waals surface area contributed by atoms with Crippen molar-refractivity contribution in [2.24, 2.45) is 5.41 Å². The molecule has 256 valence electrons. The molecule has 0 aromatic heterocycles. The van der Waals surface area contributed by atoms with Crippen LogP contribution in [0.1, 0.15) is 123 Å². The first-order valence-electron chi connectivity index (χ1n) is 16.8. The average molecular weight is 646 g/mol. The maximum absolute atomic E-state index is 14.1. The minimum Gasteiger partial charge on any atom is -0.489 e. The Morgan fingerprint density at radius 3 is 1.81 bits per heavy atom. The number of nitrogens with zero attached hydrogens (tertiary/aromatic N) is 3. The van der Waals surface area contributed by atoms with E-state index in [2.05, 4.69) is 84.6 Å². The summed E-state index contributed by atoms with van der Waals surface area (Å²) in [6.45, 7) is 28.3. The van der Waals surface area contributed by atoms with E-state index in [0.717, 1.165) is 17.7 Å². The molecule has 1 unspecified atom stereocenters. The van der Waals surface area contributed by atoms with Crippen molar-refractivity contribution in [3.63, 3.8) is 0 Å². The highest BCUT2D eigenvalue weighted by Gasteiger charge is 2.62. The van der Waals surface area contributed by atoms with Gasteiger partial charge in [0.2, 0.25) is 5.91 Å². The van der Waals surface area contributed by atoms with E-state index < -0.39 is 16.5 Å². The second-order valence-electron chi connectivity index (χ2n) is 17.3. The van der Waals surface area contributed by atoms with E-state index in [1.165, 1.54) is 17.5 Å². The Morgan fingerprint density at radius 2 is 1.26 bits per heavy atom. The van der Waals surface area contributed by atoms with E-state index in [0.29, 0.717) is 17.9 Å². The molecule has 8 nitrogen and oxygen atoms in total. The lowest BCUT2D eigenvalue weighted by Crippen LogP contribution is -2.77. The number of amides is 3. The standard InChI is InChI=1S/C39H55N3O5/c1-33(2)24-39(13,32(45)40(14)31(33)44)42-30(43)27-16-15-17-28(29(27)34(42,3)4)46-23-26-20-18-25(19-21-26)22-41-35(5,6)37(9,10)47-38(11,12)36(41,7)8/h15-21H,22-24H2,1-14H3. The van der Waals surface area contributed by atoms with Crippen LogP contribution in [0.4, 0.5) is 0 Å². The first-order chi connectivity index (χ1) is 21.3. The molecule has 0 N–H and O–H groups in total. The van der Waals surface area contributed by atoms with Gasteiger partial charge in [-0.05, 0) is 106 Å². The molecule has 3 heterocycles. The lowest BCUT2D eigenvalue weighted by Gasteiger charge is -2.66. The zero-order valence-corrected chi connectivity index (χ0v) is 31.0. The molecule has 3 amide bonds. The maximum Gasteiger partial charge on any atom is 0.255 e. The van der Waals surface area contributed by atoms with E-state index in [1.54, 1.807) is 17.9 Å². The summed E-state index contributed by atoms with van der Waals surface area (Å²) < 4.78 is 13.1. The largest absolute Gasteiger partial charge is 0.489 e. The SMILES string of the molecule is CN1C(=O)C(C)(C)CC(C)(N2C(=O)c3cccc(OCc4ccc(CN5C(C)(C)C(C)(C)OC(C)(C)C5(C)C)cc4)c3C2(C)C)C1=O. The van der Waals surface area contributed by atoms with E-state index in [1.807, 2.05) is 39.8 Å². The van der Waals surface area contributed by atoms with Gasteiger partial charge < -0.3 is 14.4 Å². The fourth-order valence-corrected chi connectivity index (χ4v) is 8.60. The summed E-state index contributed by atoms with van der Waals surface area (Å²) in [6, 6.07) is 14.1. The topological polar surface area (TPSA) is 79.4 Å². The summed E-state index contributed by atoms with van der Waals surface area (Å²) in [4.78, 5) is 46.1. The van der Waals surface area contributed by atoms with Gasteiger partial charge in [-0.25, -0.2) is 0 Å². The lowest BCUT2D eigenvalue weighted by atomic mass is 9.71. The normalized spacial score (nSPS) is 27.1. The minimum atomic E-state index is -1.20. The highest BCUT2D eigenvalue weighted by Crippen LogP contribution is 2.52. The van der Waals surface area contributed by atoms with Gasteiger partial charge in [-0.15, -0.1) is 0 Å². The second-order valence-corrected chi connectivity index (χ2v) is 17.3. The summed E-state index contributed by atoms with van der Waals surface area (Å²) in [5.41, 5.74) is -0.442. The van der Waals surface area contributed by atoms with Gasteiger partial charge >= 0.3 is 0 Å². The van der Waals surface area contributed by atoms with Crippen LogP contribution in [0.25, 0.3) is 0 Å². The van der Waals surface area contributed by atoms with E-state index in [9.17, 15) is 14.4 Å². The number of hydrogen-bond donors (Lipinski definition) is 0.